The SMILES string of the molecule is CC(C)C=CC(C)C(C)(C)C. The molecule has 0 aliphatic heterocycles. The zero-order valence-corrected chi connectivity index (χ0v) is 8.81. The van der Waals surface area contributed by atoms with Crippen LogP contribution in [0.15, 0.2) is 12.2 Å². The van der Waals surface area contributed by atoms with Crippen LogP contribution < -0.4 is 0 Å². The third kappa shape index (κ3) is 5.06. The van der Waals surface area contributed by atoms with E-state index in [9.17, 15) is 0 Å². The molecule has 0 fully saturated rings. The van der Waals surface area contributed by atoms with Gasteiger partial charge in [-0.15, -0.1) is 0 Å². The van der Waals surface area contributed by atoms with Crippen molar-refractivity contribution in [1.29, 1.82) is 0 Å². The van der Waals surface area contributed by atoms with Crippen LogP contribution in [0.4, 0.5) is 0 Å². The molecule has 0 rings (SSSR count). The molecule has 0 aromatic heterocycles. The summed E-state index contributed by atoms with van der Waals surface area (Å²) in [5, 5.41) is 0. The average Bonchev–Trinajstić information content (AvgIpc) is 1.80. The average molecular weight is 154 g/mol. The Labute approximate surface area is 71.7 Å². The Morgan fingerprint density at radius 3 is 1.64 bits per heavy atom. The maximum Gasteiger partial charge on any atom is -0.0213 e. The van der Waals surface area contributed by atoms with Gasteiger partial charge in [-0.2, -0.15) is 0 Å². The van der Waals surface area contributed by atoms with Gasteiger partial charge < -0.3 is 0 Å². The summed E-state index contributed by atoms with van der Waals surface area (Å²) in [6, 6.07) is 0. The molecule has 0 spiro atoms. The first-order valence-electron chi connectivity index (χ1n) is 4.52. The van der Waals surface area contributed by atoms with Crippen molar-refractivity contribution in [2.45, 2.75) is 41.5 Å². The summed E-state index contributed by atoms with van der Waals surface area (Å²) in [5.41, 5.74) is 0.408. The van der Waals surface area contributed by atoms with E-state index in [4.69, 9.17) is 0 Å². The van der Waals surface area contributed by atoms with E-state index in [-0.39, 0.29) is 0 Å². The fourth-order valence-electron chi connectivity index (χ4n) is 0.678. The predicted octanol–water partition coefficient (Wildman–Crippen LogP) is 3.88. The molecule has 0 saturated heterocycles. The standard InChI is InChI=1S/C11H22/c1-9(2)7-8-10(3)11(4,5)6/h7-10H,1-6H3. The molecule has 1 atom stereocenters. The Morgan fingerprint density at radius 1 is 0.909 bits per heavy atom. The molecule has 0 N–H and O–H groups in total. The zero-order valence-electron chi connectivity index (χ0n) is 8.81. The molecule has 0 saturated carbocycles. The zero-order chi connectivity index (χ0) is 9.07. The van der Waals surface area contributed by atoms with Crippen LogP contribution in [-0.4, -0.2) is 0 Å². The predicted molar refractivity (Wildman–Crippen MR) is 52.6 cm³/mol. The fourth-order valence-corrected chi connectivity index (χ4v) is 0.678. The van der Waals surface area contributed by atoms with Crippen molar-refractivity contribution in [2.24, 2.45) is 17.3 Å². The minimum absolute atomic E-state index is 0.408. The minimum Gasteiger partial charge on any atom is -0.0857 e. The van der Waals surface area contributed by atoms with Gasteiger partial charge in [-0.3, -0.25) is 0 Å². The Balaban J connectivity index is 3.97. The number of hydrogen-bond acceptors (Lipinski definition) is 0. The Kier molecular flexibility index (Phi) is 3.85. The van der Waals surface area contributed by atoms with Crippen LogP contribution >= 0.6 is 0 Å². The second kappa shape index (κ2) is 3.94. The monoisotopic (exact) mass is 154 g/mol. The molecule has 0 radical (unpaired) electrons. The maximum atomic E-state index is 2.32. The fraction of sp³-hybridized carbons (Fsp3) is 0.818. The van der Waals surface area contributed by atoms with Gasteiger partial charge in [0.25, 0.3) is 0 Å². The van der Waals surface area contributed by atoms with E-state index in [0.29, 0.717) is 17.3 Å². The smallest absolute Gasteiger partial charge is 0.0213 e. The summed E-state index contributed by atoms with van der Waals surface area (Å²) in [6.45, 7) is 13.5. The lowest BCUT2D eigenvalue weighted by Crippen LogP contribution is -2.14. The lowest BCUT2D eigenvalue weighted by atomic mass is 9.81. The molecule has 0 aromatic carbocycles. The largest absolute Gasteiger partial charge is 0.0857 e. The molecule has 1 unspecified atom stereocenters. The van der Waals surface area contributed by atoms with E-state index >= 15 is 0 Å². The summed E-state index contributed by atoms with van der Waals surface area (Å²) in [4.78, 5) is 0. The molecule has 0 heteroatoms. The summed E-state index contributed by atoms with van der Waals surface area (Å²) < 4.78 is 0. The summed E-state index contributed by atoms with van der Waals surface area (Å²) in [6.07, 6.45) is 4.61. The second-order valence-electron chi connectivity index (χ2n) is 4.78. The van der Waals surface area contributed by atoms with Crippen molar-refractivity contribution in [1.82, 2.24) is 0 Å². The second-order valence-corrected chi connectivity index (χ2v) is 4.78. The van der Waals surface area contributed by atoms with Crippen molar-refractivity contribution in [2.75, 3.05) is 0 Å². The van der Waals surface area contributed by atoms with E-state index in [2.05, 4.69) is 53.7 Å². The highest BCUT2D eigenvalue weighted by molar-refractivity contribution is 4.93. The molecule has 0 amide bonds. The van der Waals surface area contributed by atoms with Crippen molar-refractivity contribution in [3.8, 4) is 0 Å². The van der Waals surface area contributed by atoms with Gasteiger partial charge in [0, 0.05) is 0 Å². The van der Waals surface area contributed by atoms with Crippen molar-refractivity contribution in [3.63, 3.8) is 0 Å². The lowest BCUT2D eigenvalue weighted by molar-refractivity contribution is 0.313. The van der Waals surface area contributed by atoms with E-state index < -0.39 is 0 Å². The molecule has 11 heavy (non-hydrogen) atoms. The molecule has 0 aromatic rings. The van der Waals surface area contributed by atoms with Gasteiger partial charge in [0.2, 0.25) is 0 Å². The third-order valence-corrected chi connectivity index (χ3v) is 2.15. The number of allylic oxidation sites excluding steroid dienone is 2. The van der Waals surface area contributed by atoms with Crippen molar-refractivity contribution < 1.29 is 0 Å². The highest BCUT2D eigenvalue weighted by Crippen LogP contribution is 2.26. The number of hydrogen-bond donors (Lipinski definition) is 0. The Bertz CT molecular complexity index is 123. The van der Waals surface area contributed by atoms with Crippen LogP contribution in [-0.2, 0) is 0 Å². The topological polar surface area (TPSA) is 0 Å². The molecule has 0 aliphatic carbocycles. The summed E-state index contributed by atoms with van der Waals surface area (Å²) in [7, 11) is 0. The molecule has 0 nitrogen and oxygen atoms in total. The quantitative estimate of drug-likeness (QED) is 0.529. The van der Waals surface area contributed by atoms with E-state index in [1.165, 1.54) is 0 Å². The Hall–Kier alpha value is -0.260. The van der Waals surface area contributed by atoms with Crippen LogP contribution in [0.2, 0.25) is 0 Å². The van der Waals surface area contributed by atoms with Crippen LogP contribution in [0.25, 0.3) is 0 Å². The van der Waals surface area contributed by atoms with Gasteiger partial charge in [0.15, 0.2) is 0 Å². The molecule has 0 aliphatic rings. The van der Waals surface area contributed by atoms with Gasteiger partial charge in [-0.25, -0.2) is 0 Å². The van der Waals surface area contributed by atoms with E-state index in [1.807, 2.05) is 0 Å². The summed E-state index contributed by atoms with van der Waals surface area (Å²) in [5.74, 6) is 1.35. The molecular weight excluding hydrogens is 132 g/mol. The van der Waals surface area contributed by atoms with Crippen LogP contribution in [0.5, 0.6) is 0 Å². The first-order valence-corrected chi connectivity index (χ1v) is 4.52. The van der Waals surface area contributed by atoms with Crippen LogP contribution in [0, 0.1) is 17.3 Å². The lowest BCUT2D eigenvalue weighted by Gasteiger charge is -2.24. The van der Waals surface area contributed by atoms with Crippen molar-refractivity contribution >= 4 is 0 Å². The maximum absolute atomic E-state index is 2.32. The Morgan fingerprint density at radius 2 is 1.36 bits per heavy atom. The van der Waals surface area contributed by atoms with Gasteiger partial charge in [0.05, 0.1) is 0 Å². The molecule has 0 heterocycles. The van der Waals surface area contributed by atoms with Crippen LogP contribution in [0.1, 0.15) is 41.5 Å². The first-order chi connectivity index (χ1) is 4.84. The highest BCUT2D eigenvalue weighted by Gasteiger charge is 2.16. The minimum atomic E-state index is 0.408. The highest BCUT2D eigenvalue weighted by atomic mass is 14.2. The first kappa shape index (κ1) is 10.7. The van der Waals surface area contributed by atoms with Gasteiger partial charge in [-0.1, -0.05) is 53.7 Å². The van der Waals surface area contributed by atoms with E-state index in [1.54, 1.807) is 0 Å². The molecule has 66 valence electrons. The normalized spacial score (nSPS) is 16.3. The van der Waals surface area contributed by atoms with Crippen LogP contribution in [0.3, 0.4) is 0 Å². The van der Waals surface area contributed by atoms with Gasteiger partial charge in [0.1, 0.15) is 0 Å². The van der Waals surface area contributed by atoms with Crippen molar-refractivity contribution in [3.05, 3.63) is 12.2 Å². The molecule has 0 bridgehead atoms. The number of rotatable bonds is 2. The van der Waals surface area contributed by atoms with Gasteiger partial charge in [-0.05, 0) is 17.3 Å². The van der Waals surface area contributed by atoms with Gasteiger partial charge >= 0.3 is 0 Å². The third-order valence-electron chi connectivity index (χ3n) is 2.15. The molecular formula is C11H22. The van der Waals surface area contributed by atoms with E-state index in [0.717, 1.165) is 0 Å². The summed E-state index contributed by atoms with van der Waals surface area (Å²) >= 11 is 0.